The summed E-state index contributed by atoms with van der Waals surface area (Å²) in [5.41, 5.74) is 7.70. The van der Waals surface area contributed by atoms with Gasteiger partial charge in [-0.2, -0.15) is 0 Å². The first-order valence-electron chi connectivity index (χ1n) is 6.25. The molecule has 3 aromatic heterocycles. The molecule has 0 saturated heterocycles. The zero-order valence-electron chi connectivity index (χ0n) is 11.3. The molecule has 0 aliphatic rings. The molecule has 0 saturated carbocycles. The van der Waals surface area contributed by atoms with E-state index in [0.29, 0.717) is 22.6 Å². The normalized spacial score (nSPS) is 11.9. The van der Waals surface area contributed by atoms with E-state index < -0.39 is 5.60 Å². The Labute approximate surface area is 115 Å². The number of fused-ring (bicyclic) bond motifs is 1. The molecule has 0 atom stereocenters. The number of rotatable bonds is 2. The summed E-state index contributed by atoms with van der Waals surface area (Å²) in [6.07, 6.45) is 5.05. The second-order valence-electron chi connectivity index (χ2n) is 5.15. The van der Waals surface area contributed by atoms with Gasteiger partial charge in [0.05, 0.1) is 16.9 Å². The van der Waals surface area contributed by atoms with E-state index in [4.69, 9.17) is 5.73 Å². The number of aliphatic hydroxyl groups is 1. The molecule has 3 rings (SSSR count). The minimum Gasteiger partial charge on any atom is -0.386 e. The minimum atomic E-state index is -0.979. The number of anilines is 1. The van der Waals surface area contributed by atoms with Crippen molar-refractivity contribution in [3.05, 3.63) is 42.4 Å². The van der Waals surface area contributed by atoms with Crippen LogP contribution in [0.25, 0.3) is 16.9 Å². The van der Waals surface area contributed by atoms with Crippen LogP contribution in [-0.4, -0.2) is 24.7 Å². The summed E-state index contributed by atoms with van der Waals surface area (Å²) in [6, 6.07) is 5.58. The number of aromatic nitrogens is 4. The Morgan fingerprint density at radius 3 is 2.70 bits per heavy atom. The lowest BCUT2D eigenvalue weighted by atomic mass is 10.0. The van der Waals surface area contributed by atoms with Crippen LogP contribution in [-0.2, 0) is 5.60 Å². The van der Waals surface area contributed by atoms with E-state index in [1.165, 1.54) is 0 Å². The largest absolute Gasteiger partial charge is 0.386 e. The molecule has 6 nitrogen and oxygen atoms in total. The molecule has 3 aromatic rings. The average molecular weight is 269 g/mol. The molecular weight excluding hydrogens is 254 g/mol. The molecular formula is C14H15N5O. The predicted octanol–water partition coefficient (Wildman–Crippen LogP) is 1.60. The van der Waals surface area contributed by atoms with Crippen molar-refractivity contribution in [3.63, 3.8) is 0 Å². The highest BCUT2D eigenvalue weighted by atomic mass is 16.3. The third-order valence-electron chi connectivity index (χ3n) is 3.13. The first kappa shape index (κ1) is 12.6. The van der Waals surface area contributed by atoms with Crippen molar-refractivity contribution in [1.82, 2.24) is 19.6 Å². The van der Waals surface area contributed by atoms with Gasteiger partial charge in [0.15, 0.2) is 11.5 Å². The lowest BCUT2D eigenvalue weighted by Gasteiger charge is -2.16. The van der Waals surface area contributed by atoms with Crippen LogP contribution in [0.4, 0.5) is 5.82 Å². The third-order valence-corrected chi connectivity index (χ3v) is 3.13. The number of pyridine rings is 1. The Balaban J connectivity index is 2.23. The van der Waals surface area contributed by atoms with Gasteiger partial charge in [-0.25, -0.2) is 9.50 Å². The van der Waals surface area contributed by atoms with Gasteiger partial charge in [-0.15, -0.1) is 5.10 Å². The first-order valence-corrected chi connectivity index (χ1v) is 6.25. The van der Waals surface area contributed by atoms with Crippen LogP contribution in [0, 0.1) is 0 Å². The van der Waals surface area contributed by atoms with Crippen molar-refractivity contribution in [2.24, 2.45) is 0 Å². The van der Waals surface area contributed by atoms with Crippen LogP contribution in [0.2, 0.25) is 0 Å². The van der Waals surface area contributed by atoms with Gasteiger partial charge in [-0.1, -0.05) is 6.07 Å². The third kappa shape index (κ3) is 2.00. The van der Waals surface area contributed by atoms with Gasteiger partial charge in [0, 0.05) is 24.2 Å². The van der Waals surface area contributed by atoms with Crippen LogP contribution in [0.15, 0.2) is 36.8 Å². The Morgan fingerprint density at radius 2 is 2.05 bits per heavy atom. The number of nitrogen functional groups attached to an aromatic ring is 1. The zero-order valence-corrected chi connectivity index (χ0v) is 11.3. The van der Waals surface area contributed by atoms with Crippen molar-refractivity contribution in [3.8, 4) is 11.3 Å². The van der Waals surface area contributed by atoms with Gasteiger partial charge in [-0.05, 0) is 26.0 Å². The van der Waals surface area contributed by atoms with Crippen molar-refractivity contribution in [1.29, 1.82) is 0 Å². The van der Waals surface area contributed by atoms with Crippen molar-refractivity contribution in [2.45, 2.75) is 19.4 Å². The summed E-state index contributed by atoms with van der Waals surface area (Å²) < 4.78 is 1.58. The fourth-order valence-corrected chi connectivity index (χ4v) is 2.02. The van der Waals surface area contributed by atoms with Gasteiger partial charge in [0.25, 0.3) is 0 Å². The smallest absolute Gasteiger partial charge is 0.166 e. The van der Waals surface area contributed by atoms with Gasteiger partial charge in [-0.3, -0.25) is 4.98 Å². The van der Waals surface area contributed by atoms with E-state index in [0.717, 1.165) is 5.69 Å². The summed E-state index contributed by atoms with van der Waals surface area (Å²) in [5.74, 6) is 0.365. The van der Waals surface area contributed by atoms with Gasteiger partial charge < -0.3 is 10.8 Å². The maximum Gasteiger partial charge on any atom is 0.166 e. The Morgan fingerprint density at radius 1 is 1.25 bits per heavy atom. The highest BCUT2D eigenvalue weighted by Gasteiger charge is 2.20. The lowest BCUT2D eigenvalue weighted by molar-refractivity contribution is 0.0777. The second-order valence-corrected chi connectivity index (χ2v) is 5.15. The van der Waals surface area contributed by atoms with Crippen molar-refractivity contribution in [2.75, 3.05) is 5.73 Å². The number of hydrogen-bond donors (Lipinski definition) is 2. The molecule has 0 unspecified atom stereocenters. The molecule has 0 amide bonds. The summed E-state index contributed by atoms with van der Waals surface area (Å²) in [7, 11) is 0. The van der Waals surface area contributed by atoms with E-state index in [1.807, 2.05) is 18.2 Å². The molecule has 6 heteroatoms. The fraction of sp³-hybridized carbons (Fsp3) is 0.214. The number of nitrogens with two attached hydrogens (primary N) is 1. The SMILES string of the molecule is CC(C)(O)c1cnc2c(-c3ccccn3)c(N)nn2c1. The molecule has 3 heterocycles. The predicted molar refractivity (Wildman–Crippen MR) is 75.9 cm³/mol. The zero-order chi connectivity index (χ0) is 14.3. The van der Waals surface area contributed by atoms with Crippen LogP contribution in [0.5, 0.6) is 0 Å². The lowest BCUT2D eigenvalue weighted by Crippen LogP contribution is -2.16. The maximum absolute atomic E-state index is 10.0. The Hall–Kier alpha value is -2.47. The van der Waals surface area contributed by atoms with Crippen LogP contribution >= 0.6 is 0 Å². The highest BCUT2D eigenvalue weighted by Crippen LogP contribution is 2.28. The highest BCUT2D eigenvalue weighted by molar-refractivity contribution is 5.84. The first-order chi connectivity index (χ1) is 9.47. The Kier molecular flexibility index (Phi) is 2.69. The van der Waals surface area contributed by atoms with Crippen molar-refractivity contribution < 1.29 is 5.11 Å². The molecule has 0 bridgehead atoms. The van der Waals surface area contributed by atoms with Gasteiger partial charge in [0.2, 0.25) is 0 Å². The Bertz CT molecular complexity index is 758. The summed E-state index contributed by atoms with van der Waals surface area (Å²) in [5, 5.41) is 14.3. The molecule has 0 spiro atoms. The topological polar surface area (TPSA) is 89.3 Å². The van der Waals surface area contributed by atoms with Gasteiger partial charge >= 0.3 is 0 Å². The van der Waals surface area contributed by atoms with Crippen molar-refractivity contribution >= 4 is 11.5 Å². The van der Waals surface area contributed by atoms with Crippen LogP contribution in [0.1, 0.15) is 19.4 Å². The number of hydrogen-bond acceptors (Lipinski definition) is 5. The fourth-order valence-electron chi connectivity index (χ4n) is 2.02. The molecule has 0 aromatic carbocycles. The molecule has 0 radical (unpaired) electrons. The van der Waals surface area contributed by atoms with E-state index in [9.17, 15) is 5.11 Å². The molecule has 0 fully saturated rings. The maximum atomic E-state index is 10.0. The monoisotopic (exact) mass is 269 g/mol. The summed E-state index contributed by atoms with van der Waals surface area (Å²) in [4.78, 5) is 8.65. The van der Waals surface area contributed by atoms with E-state index in [2.05, 4.69) is 15.1 Å². The molecule has 102 valence electrons. The van der Waals surface area contributed by atoms with Crippen LogP contribution < -0.4 is 5.73 Å². The van der Waals surface area contributed by atoms with E-state index >= 15 is 0 Å². The van der Waals surface area contributed by atoms with E-state index in [1.54, 1.807) is 37.0 Å². The molecule has 3 N–H and O–H groups in total. The summed E-state index contributed by atoms with van der Waals surface area (Å²) in [6.45, 7) is 3.39. The minimum absolute atomic E-state index is 0.365. The molecule has 0 aliphatic heterocycles. The summed E-state index contributed by atoms with van der Waals surface area (Å²) >= 11 is 0. The average Bonchev–Trinajstić information content (AvgIpc) is 2.73. The second kappa shape index (κ2) is 4.28. The number of nitrogens with zero attached hydrogens (tertiary/aromatic N) is 4. The molecule has 0 aliphatic carbocycles. The quantitative estimate of drug-likeness (QED) is 0.737. The standard InChI is InChI=1S/C14H15N5O/c1-14(2,20)9-7-17-13-11(10-5-3-4-6-16-10)12(15)18-19(13)8-9/h3-8,20H,1-2H3,(H2,15,18). The molecule has 20 heavy (non-hydrogen) atoms. The van der Waals surface area contributed by atoms with Gasteiger partial charge in [0.1, 0.15) is 0 Å². The van der Waals surface area contributed by atoms with Crippen LogP contribution in [0.3, 0.4) is 0 Å². The van der Waals surface area contributed by atoms with E-state index in [-0.39, 0.29) is 0 Å².